The highest BCUT2D eigenvalue weighted by Gasteiger charge is 2.20. The minimum atomic E-state index is 0.119. The summed E-state index contributed by atoms with van der Waals surface area (Å²) in [6.45, 7) is 0. The van der Waals surface area contributed by atoms with Crippen molar-refractivity contribution < 1.29 is 0 Å². The summed E-state index contributed by atoms with van der Waals surface area (Å²) in [5, 5.41) is 0.796. The molecule has 1 aliphatic carbocycles. The molecule has 13 heavy (non-hydrogen) atoms. The molecule has 0 saturated carbocycles. The van der Waals surface area contributed by atoms with Gasteiger partial charge in [-0.05, 0) is 52.4 Å². The van der Waals surface area contributed by atoms with Crippen molar-refractivity contribution in [1.82, 2.24) is 0 Å². The second kappa shape index (κ2) is 3.60. The Hall–Kier alpha value is -0.0500. The SMILES string of the molecule is NC1CCCc2ccc(Br)c(Cl)c21. The molecule has 0 radical (unpaired) electrons. The van der Waals surface area contributed by atoms with E-state index in [2.05, 4.69) is 22.0 Å². The Morgan fingerprint density at radius 3 is 3.00 bits per heavy atom. The molecule has 0 bridgehead atoms. The molecule has 0 aliphatic heterocycles. The summed E-state index contributed by atoms with van der Waals surface area (Å²) in [6, 6.07) is 4.23. The first-order valence-corrected chi connectivity index (χ1v) is 5.59. The van der Waals surface area contributed by atoms with Crippen molar-refractivity contribution >= 4 is 27.5 Å². The molecule has 3 heteroatoms. The van der Waals surface area contributed by atoms with E-state index in [-0.39, 0.29) is 6.04 Å². The molecular formula is C10H11BrClN. The number of hydrogen-bond donors (Lipinski definition) is 1. The third-order valence-corrected chi connectivity index (χ3v) is 3.85. The highest BCUT2D eigenvalue weighted by Crippen LogP contribution is 2.37. The topological polar surface area (TPSA) is 26.0 Å². The molecule has 1 nitrogen and oxygen atoms in total. The zero-order valence-corrected chi connectivity index (χ0v) is 9.53. The second-order valence-electron chi connectivity index (χ2n) is 3.43. The van der Waals surface area contributed by atoms with Gasteiger partial charge < -0.3 is 5.73 Å². The highest BCUT2D eigenvalue weighted by atomic mass is 79.9. The van der Waals surface area contributed by atoms with Gasteiger partial charge in [0.25, 0.3) is 0 Å². The lowest BCUT2D eigenvalue weighted by Crippen LogP contribution is -2.17. The van der Waals surface area contributed by atoms with Gasteiger partial charge in [0, 0.05) is 10.5 Å². The van der Waals surface area contributed by atoms with Crippen molar-refractivity contribution in [2.45, 2.75) is 25.3 Å². The van der Waals surface area contributed by atoms with E-state index in [0.29, 0.717) is 0 Å². The van der Waals surface area contributed by atoms with Crippen LogP contribution >= 0.6 is 27.5 Å². The predicted molar refractivity (Wildman–Crippen MR) is 59.0 cm³/mol. The standard InChI is InChI=1S/C10H11BrClN/c11-7-5-4-6-2-1-3-8(13)9(6)10(7)12/h4-5,8H,1-3,13H2. The third kappa shape index (κ3) is 1.63. The van der Waals surface area contributed by atoms with Crippen molar-refractivity contribution in [3.8, 4) is 0 Å². The Bertz CT molecular complexity index is 338. The molecule has 0 spiro atoms. The highest BCUT2D eigenvalue weighted by molar-refractivity contribution is 9.10. The number of fused-ring (bicyclic) bond motifs is 1. The van der Waals surface area contributed by atoms with Crippen molar-refractivity contribution in [2.24, 2.45) is 5.73 Å². The molecule has 70 valence electrons. The number of halogens is 2. The Balaban J connectivity index is 2.58. The smallest absolute Gasteiger partial charge is 0.0598 e. The fourth-order valence-electron chi connectivity index (χ4n) is 1.88. The maximum absolute atomic E-state index is 6.18. The van der Waals surface area contributed by atoms with Crippen LogP contribution in [0.4, 0.5) is 0 Å². The molecule has 1 aliphatic rings. The fourth-order valence-corrected chi connectivity index (χ4v) is 2.55. The molecule has 0 heterocycles. The van der Waals surface area contributed by atoms with E-state index in [1.165, 1.54) is 12.0 Å². The van der Waals surface area contributed by atoms with Crippen LogP contribution in [0.2, 0.25) is 5.02 Å². The van der Waals surface area contributed by atoms with Crippen LogP contribution in [0.3, 0.4) is 0 Å². The quantitative estimate of drug-likeness (QED) is 0.760. The minimum Gasteiger partial charge on any atom is -0.324 e. The van der Waals surface area contributed by atoms with Gasteiger partial charge in [0.05, 0.1) is 5.02 Å². The Labute approximate surface area is 91.4 Å². The van der Waals surface area contributed by atoms with Gasteiger partial charge in [0.1, 0.15) is 0 Å². The summed E-state index contributed by atoms with van der Waals surface area (Å²) in [7, 11) is 0. The number of rotatable bonds is 0. The molecule has 2 rings (SSSR count). The Morgan fingerprint density at radius 1 is 1.46 bits per heavy atom. The van der Waals surface area contributed by atoms with Crippen molar-refractivity contribution in [3.63, 3.8) is 0 Å². The van der Waals surface area contributed by atoms with Gasteiger partial charge in [-0.25, -0.2) is 0 Å². The molecule has 1 atom stereocenters. The molecular weight excluding hydrogens is 249 g/mol. The lowest BCUT2D eigenvalue weighted by Gasteiger charge is -2.23. The summed E-state index contributed by atoms with van der Waals surface area (Å²) < 4.78 is 0.949. The van der Waals surface area contributed by atoms with E-state index >= 15 is 0 Å². The molecule has 0 aromatic heterocycles. The summed E-state index contributed by atoms with van der Waals surface area (Å²) >= 11 is 9.59. The normalized spacial score (nSPS) is 21.3. The second-order valence-corrected chi connectivity index (χ2v) is 4.67. The molecule has 2 N–H and O–H groups in total. The van der Waals surface area contributed by atoms with Crippen LogP contribution in [0.15, 0.2) is 16.6 Å². The lowest BCUT2D eigenvalue weighted by molar-refractivity contribution is 0.570. The van der Waals surface area contributed by atoms with Crippen LogP contribution in [0.25, 0.3) is 0 Å². The number of aryl methyl sites for hydroxylation is 1. The number of nitrogens with two attached hydrogens (primary N) is 1. The zero-order valence-electron chi connectivity index (χ0n) is 7.19. The summed E-state index contributed by atoms with van der Waals surface area (Å²) in [5.74, 6) is 0. The average Bonchev–Trinajstić information content (AvgIpc) is 2.12. The van der Waals surface area contributed by atoms with Crippen LogP contribution < -0.4 is 5.73 Å². The molecule has 0 amide bonds. The van der Waals surface area contributed by atoms with E-state index in [0.717, 1.165) is 27.9 Å². The van der Waals surface area contributed by atoms with Gasteiger partial charge in [-0.2, -0.15) is 0 Å². The molecule has 1 aromatic carbocycles. The number of hydrogen-bond acceptors (Lipinski definition) is 1. The Kier molecular flexibility index (Phi) is 2.63. The van der Waals surface area contributed by atoms with Crippen molar-refractivity contribution in [2.75, 3.05) is 0 Å². The van der Waals surface area contributed by atoms with Gasteiger partial charge >= 0.3 is 0 Å². The minimum absolute atomic E-state index is 0.119. The van der Waals surface area contributed by atoms with Gasteiger partial charge in [-0.1, -0.05) is 17.7 Å². The third-order valence-electron chi connectivity index (χ3n) is 2.55. The maximum Gasteiger partial charge on any atom is 0.0598 e. The number of benzene rings is 1. The summed E-state index contributed by atoms with van der Waals surface area (Å²) in [5.41, 5.74) is 8.46. The predicted octanol–water partition coefficient (Wildman–Crippen LogP) is 3.44. The van der Waals surface area contributed by atoms with E-state index in [1.807, 2.05) is 6.07 Å². The zero-order chi connectivity index (χ0) is 9.42. The molecule has 1 unspecified atom stereocenters. The van der Waals surface area contributed by atoms with E-state index in [4.69, 9.17) is 17.3 Å². The van der Waals surface area contributed by atoms with Crippen LogP contribution in [-0.4, -0.2) is 0 Å². The van der Waals surface area contributed by atoms with Crippen LogP contribution in [-0.2, 0) is 6.42 Å². The first-order valence-electron chi connectivity index (χ1n) is 4.42. The molecule has 1 aromatic rings. The first kappa shape index (κ1) is 9.50. The maximum atomic E-state index is 6.18. The lowest BCUT2D eigenvalue weighted by atomic mass is 9.88. The monoisotopic (exact) mass is 259 g/mol. The van der Waals surface area contributed by atoms with E-state index < -0.39 is 0 Å². The van der Waals surface area contributed by atoms with Gasteiger partial charge in [-0.15, -0.1) is 0 Å². The first-order chi connectivity index (χ1) is 6.20. The van der Waals surface area contributed by atoms with Gasteiger partial charge in [0.15, 0.2) is 0 Å². The van der Waals surface area contributed by atoms with E-state index in [1.54, 1.807) is 0 Å². The van der Waals surface area contributed by atoms with Crippen LogP contribution in [0, 0.1) is 0 Å². The summed E-state index contributed by atoms with van der Waals surface area (Å²) in [4.78, 5) is 0. The van der Waals surface area contributed by atoms with Crippen LogP contribution in [0.1, 0.15) is 30.0 Å². The van der Waals surface area contributed by atoms with Crippen molar-refractivity contribution in [3.05, 3.63) is 32.8 Å². The van der Waals surface area contributed by atoms with E-state index in [9.17, 15) is 0 Å². The molecule has 0 fully saturated rings. The fraction of sp³-hybridized carbons (Fsp3) is 0.400. The Morgan fingerprint density at radius 2 is 2.23 bits per heavy atom. The largest absolute Gasteiger partial charge is 0.324 e. The summed E-state index contributed by atoms with van der Waals surface area (Å²) in [6.07, 6.45) is 3.32. The van der Waals surface area contributed by atoms with Crippen molar-refractivity contribution in [1.29, 1.82) is 0 Å². The van der Waals surface area contributed by atoms with Gasteiger partial charge in [-0.3, -0.25) is 0 Å². The van der Waals surface area contributed by atoms with Crippen LogP contribution in [0.5, 0.6) is 0 Å². The van der Waals surface area contributed by atoms with Gasteiger partial charge in [0.2, 0.25) is 0 Å². The molecule has 0 saturated heterocycles. The average molecular weight is 261 g/mol.